The van der Waals surface area contributed by atoms with E-state index in [-0.39, 0.29) is 5.56 Å². The zero-order valence-corrected chi connectivity index (χ0v) is 32.1. The molecule has 2 fully saturated rings. The Labute approximate surface area is 322 Å². The molecule has 6 heterocycles. The molecule has 0 spiro atoms. The molecule has 14 nitrogen and oxygen atoms in total. The molecule has 4 aromatic heterocycles. The molecule has 0 saturated carbocycles. The third-order valence-corrected chi connectivity index (χ3v) is 9.78. The van der Waals surface area contributed by atoms with E-state index < -0.39 is 5.56 Å². The molecule has 2 atom stereocenters. The third-order valence-electron chi connectivity index (χ3n) is 9.78. The maximum atomic E-state index is 12.3. The van der Waals surface area contributed by atoms with Crippen LogP contribution in [0.5, 0.6) is 11.6 Å². The summed E-state index contributed by atoms with van der Waals surface area (Å²) in [4.78, 5) is 41.6. The van der Waals surface area contributed by atoms with Gasteiger partial charge in [0, 0.05) is 93.3 Å². The van der Waals surface area contributed by atoms with E-state index in [4.69, 9.17) is 14.5 Å². The van der Waals surface area contributed by atoms with Crippen LogP contribution in [0.2, 0.25) is 0 Å². The standard InChI is InChI=1S/C24H29N5O2.C17H20N6O/c1-17(2)21-15-29(13-12-26-21)22-14-23(28-24(27-22)19-8-10-25-11-9-19)31-16-18-4-6-20(30-3)7-5-18;1-11(2)14-10-23(8-7-20-14)16-13(9-18)17(24)22-15(21-16)12-3-5-19-6-4-12/h4-11,14,17,21,26H,12-13,15-16H2,1-3H3;3-6,11,14,20H,7-8,10H2,1-2H3,(H,21,22,24)/t21-;14-/m11/s1. The van der Waals surface area contributed by atoms with E-state index in [1.165, 1.54) is 0 Å². The maximum absolute atomic E-state index is 12.3. The van der Waals surface area contributed by atoms with Gasteiger partial charge in [-0.1, -0.05) is 39.8 Å². The van der Waals surface area contributed by atoms with Crippen LogP contribution in [0.3, 0.4) is 0 Å². The third kappa shape index (κ3) is 10.00. The number of pyridine rings is 2. The van der Waals surface area contributed by atoms with Crippen LogP contribution in [0.4, 0.5) is 11.6 Å². The number of hydrogen-bond acceptors (Lipinski definition) is 13. The SMILES string of the molecule is CC(C)[C@H]1CN(c2nc(-c3ccncc3)[nH]c(=O)c2C#N)CCN1.COc1ccc(COc2cc(N3CCN[C@@H](C(C)C)C3)nc(-c3ccncc3)n2)cc1. The topological polar surface area (TPSA) is 170 Å². The Kier molecular flexibility index (Phi) is 13.0. The van der Waals surface area contributed by atoms with Gasteiger partial charge in [-0.25, -0.2) is 9.97 Å². The minimum Gasteiger partial charge on any atom is -0.497 e. The molecule has 0 amide bonds. The molecule has 2 aliphatic rings. The molecule has 1 aromatic carbocycles. The Morgan fingerprint density at radius 3 is 2.02 bits per heavy atom. The predicted octanol–water partition coefficient (Wildman–Crippen LogP) is 4.70. The first-order valence-corrected chi connectivity index (χ1v) is 18.7. The molecule has 0 aliphatic carbocycles. The zero-order valence-electron chi connectivity index (χ0n) is 32.1. The summed E-state index contributed by atoms with van der Waals surface area (Å²) in [6.07, 6.45) is 6.80. The van der Waals surface area contributed by atoms with Crippen molar-refractivity contribution in [3.05, 3.63) is 101 Å². The minimum atomic E-state index is -0.408. The van der Waals surface area contributed by atoms with Crippen LogP contribution >= 0.6 is 0 Å². The van der Waals surface area contributed by atoms with E-state index >= 15 is 0 Å². The zero-order chi connectivity index (χ0) is 38.7. The second-order valence-electron chi connectivity index (χ2n) is 14.2. The second kappa shape index (κ2) is 18.4. The number of anilines is 2. The molecular formula is C41H49N11O3. The van der Waals surface area contributed by atoms with E-state index in [9.17, 15) is 10.1 Å². The number of aromatic amines is 1. The van der Waals surface area contributed by atoms with Crippen molar-refractivity contribution in [1.82, 2.24) is 40.5 Å². The average Bonchev–Trinajstić information content (AvgIpc) is 3.23. The van der Waals surface area contributed by atoms with Gasteiger partial charge in [0.25, 0.3) is 5.56 Å². The Hall–Kier alpha value is -5.91. The Balaban J connectivity index is 0.000000193. The summed E-state index contributed by atoms with van der Waals surface area (Å²) in [5.74, 6) is 4.84. The summed E-state index contributed by atoms with van der Waals surface area (Å²) in [5, 5.41) is 16.5. The molecule has 286 valence electrons. The fourth-order valence-electron chi connectivity index (χ4n) is 6.45. The number of H-pyrrole nitrogens is 1. The number of hydrogen-bond donors (Lipinski definition) is 3. The van der Waals surface area contributed by atoms with Crippen LogP contribution in [0.25, 0.3) is 22.8 Å². The molecule has 3 N–H and O–H groups in total. The van der Waals surface area contributed by atoms with Gasteiger partial charge < -0.3 is 34.9 Å². The van der Waals surface area contributed by atoms with E-state index in [0.29, 0.717) is 60.4 Å². The summed E-state index contributed by atoms with van der Waals surface area (Å²) in [6.45, 7) is 14.2. The smallest absolute Gasteiger partial charge is 0.271 e. The van der Waals surface area contributed by atoms with E-state index in [1.54, 1.807) is 44.0 Å². The van der Waals surface area contributed by atoms with Crippen molar-refractivity contribution in [2.45, 2.75) is 46.4 Å². The number of rotatable bonds is 10. The Morgan fingerprint density at radius 1 is 0.818 bits per heavy atom. The van der Waals surface area contributed by atoms with Crippen molar-refractivity contribution >= 4 is 11.6 Å². The summed E-state index contributed by atoms with van der Waals surface area (Å²) in [5.41, 5.74) is 2.39. The van der Waals surface area contributed by atoms with E-state index in [0.717, 1.165) is 61.0 Å². The second-order valence-corrected chi connectivity index (χ2v) is 14.2. The fraction of sp³-hybridized carbons (Fsp3) is 0.390. The van der Waals surface area contributed by atoms with Crippen LogP contribution in [0.15, 0.2) is 84.2 Å². The van der Waals surface area contributed by atoms with Crippen molar-refractivity contribution in [3.8, 4) is 40.5 Å². The number of aromatic nitrogens is 6. The molecule has 5 aromatic rings. The normalized spacial score (nSPS) is 17.0. The van der Waals surface area contributed by atoms with Crippen LogP contribution in [0, 0.1) is 23.2 Å². The molecule has 14 heteroatoms. The molecule has 0 unspecified atom stereocenters. The molecule has 55 heavy (non-hydrogen) atoms. The van der Waals surface area contributed by atoms with Crippen LogP contribution in [0.1, 0.15) is 38.8 Å². The van der Waals surface area contributed by atoms with Crippen LogP contribution < -0.4 is 35.5 Å². The summed E-state index contributed by atoms with van der Waals surface area (Å²) in [6, 6.07) is 19.9. The lowest BCUT2D eigenvalue weighted by atomic mass is 10.0. The highest BCUT2D eigenvalue weighted by Gasteiger charge is 2.27. The molecular weight excluding hydrogens is 695 g/mol. The Morgan fingerprint density at radius 2 is 1.42 bits per heavy atom. The van der Waals surface area contributed by atoms with Gasteiger partial charge in [-0.15, -0.1) is 0 Å². The largest absolute Gasteiger partial charge is 0.497 e. The van der Waals surface area contributed by atoms with Crippen molar-refractivity contribution < 1.29 is 9.47 Å². The van der Waals surface area contributed by atoms with Gasteiger partial charge in [-0.2, -0.15) is 10.2 Å². The first-order chi connectivity index (χ1) is 26.7. The molecule has 7 rings (SSSR count). The Bertz CT molecular complexity index is 2090. The number of nitrogens with zero attached hydrogens (tertiary/aromatic N) is 8. The van der Waals surface area contributed by atoms with Gasteiger partial charge >= 0.3 is 0 Å². The van der Waals surface area contributed by atoms with Crippen molar-refractivity contribution in [2.24, 2.45) is 11.8 Å². The van der Waals surface area contributed by atoms with Crippen LogP contribution in [-0.4, -0.2) is 88.4 Å². The number of piperazine rings is 2. The summed E-state index contributed by atoms with van der Waals surface area (Å²) >= 11 is 0. The molecule has 0 bridgehead atoms. The number of nitriles is 1. The number of ether oxygens (including phenoxy) is 2. The summed E-state index contributed by atoms with van der Waals surface area (Å²) in [7, 11) is 1.66. The minimum absolute atomic E-state index is 0.0669. The first kappa shape index (κ1) is 38.8. The predicted molar refractivity (Wildman–Crippen MR) is 213 cm³/mol. The molecule has 2 aliphatic heterocycles. The highest BCUT2D eigenvalue weighted by molar-refractivity contribution is 5.61. The average molecular weight is 744 g/mol. The van der Waals surface area contributed by atoms with Gasteiger partial charge in [0.15, 0.2) is 17.2 Å². The molecule has 0 radical (unpaired) electrons. The monoisotopic (exact) mass is 743 g/mol. The van der Waals surface area contributed by atoms with Crippen molar-refractivity contribution in [2.75, 3.05) is 56.2 Å². The number of methoxy groups -OCH3 is 1. The van der Waals surface area contributed by atoms with E-state index in [2.05, 4.69) is 68.1 Å². The quantitative estimate of drug-likeness (QED) is 0.180. The van der Waals surface area contributed by atoms with Crippen molar-refractivity contribution in [1.29, 1.82) is 5.26 Å². The van der Waals surface area contributed by atoms with Crippen LogP contribution in [-0.2, 0) is 6.61 Å². The highest BCUT2D eigenvalue weighted by Crippen LogP contribution is 2.26. The first-order valence-electron chi connectivity index (χ1n) is 18.7. The maximum Gasteiger partial charge on any atom is 0.271 e. The lowest BCUT2D eigenvalue weighted by molar-refractivity contribution is 0.293. The number of nitrogens with one attached hydrogen (secondary N) is 3. The number of benzene rings is 1. The molecule has 2 saturated heterocycles. The van der Waals surface area contributed by atoms with Gasteiger partial charge in [0.2, 0.25) is 5.88 Å². The fourth-order valence-corrected chi connectivity index (χ4v) is 6.45. The van der Waals surface area contributed by atoms with Gasteiger partial charge in [0.1, 0.15) is 30.1 Å². The van der Waals surface area contributed by atoms with Gasteiger partial charge in [-0.05, 0) is 53.8 Å². The summed E-state index contributed by atoms with van der Waals surface area (Å²) < 4.78 is 11.3. The van der Waals surface area contributed by atoms with E-state index in [1.807, 2.05) is 53.4 Å². The lowest BCUT2D eigenvalue weighted by Gasteiger charge is -2.36. The highest BCUT2D eigenvalue weighted by atomic mass is 16.5. The van der Waals surface area contributed by atoms with Gasteiger partial charge in [-0.3, -0.25) is 14.8 Å². The van der Waals surface area contributed by atoms with Gasteiger partial charge in [0.05, 0.1) is 7.11 Å². The lowest BCUT2D eigenvalue weighted by Crippen LogP contribution is -2.53. The van der Waals surface area contributed by atoms with Crippen molar-refractivity contribution in [3.63, 3.8) is 0 Å².